The van der Waals surface area contributed by atoms with Crippen LogP contribution in [0.5, 0.6) is 0 Å². The number of unbranched alkanes of at least 4 members (excludes halogenated alkanes) is 2. The van der Waals surface area contributed by atoms with Gasteiger partial charge in [0, 0.05) is 38.2 Å². The monoisotopic (exact) mass is 264 g/mol. The lowest BCUT2D eigenvalue weighted by Gasteiger charge is -2.17. The number of hydrogen-bond acceptors (Lipinski definition) is 5. The highest BCUT2D eigenvalue weighted by atomic mass is 16.3. The Morgan fingerprint density at radius 1 is 1.42 bits per heavy atom. The van der Waals surface area contributed by atoms with Crippen molar-refractivity contribution in [1.82, 2.24) is 9.97 Å². The van der Waals surface area contributed by atoms with Crippen LogP contribution in [0.1, 0.15) is 32.6 Å². The fourth-order valence-electron chi connectivity index (χ4n) is 2.40. The Labute approximate surface area is 115 Å². The van der Waals surface area contributed by atoms with Crippen LogP contribution in [-0.2, 0) is 0 Å². The molecule has 0 amide bonds. The van der Waals surface area contributed by atoms with Crippen molar-refractivity contribution < 1.29 is 5.11 Å². The molecule has 0 aliphatic carbocycles. The molecule has 0 spiro atoms. The summed E-state index contributed by atoms with van der Waals surface area (Å²) in [6.07, 6.45) is 6.30. The highest BCUT2D eigenvalue weighted by Crippen LogP contribution is 2.22. The van der Waals surface area contributed by atoms with Gasteiger partial charge in [-0.1, -0.05) is 19.8 Å². The van der Waals surface area contributed by atoms with Crippen LogP contribution in [-0.4, -0.2) is 41.3 Å². The molecule has 1 saturated heterocycles. The Balaban J connectivity index is 1.88. The maximum Gasteiger partial charge on any atom is 0.134 e. The smallest absolute Gasteiger partial charge is 0.134 e. The van der Waals surface area contributed by atoms with E-state index in [2.05, 4.69) is 27.1 Å². The third kappa shape index (κ3) is 4.06. The van der Waals surface area contributed by atoms with Crippen molar-refractivity contribution >= 4 is 11.6 Å². The van der Waals surface area contributed by atoms with E-state index in [0.717, 1.165) is 37.7 Å². The zero-order chi connectivity index (χ0) is 13.5. The summed E-state index contributed by atoms with van der Waals surface area (Å²) in [5.41, 5.74) is 0. The minimum Gasteiger partial charge on any atom is -0.396 e. The van der Waals surface area contributed by atoms with Crippen LogP contribution >= 0.6 is 0 Å². The maximum atomic E-state index is 9.18. The molecule has 1 aromatic rings. The van der Waals surface area contributed by atoms with Gasteiger partial charge in [0.1, 0.15) is 18.0 Å². The first-order valence-corrected chi connectivity index (χ1v) is 7.25. The third-order valence-electron chi connectivity index (χ3n) is 3.61. The fourth-order valence-corrected chi connectivity index (χ4v) is 2.40. The Bertz CT molecular complexity index is 385. The van der Waals surface area contributed by atoms with Gasteiger partial charge in [-0.3, -0.25) is 0 Å². The highest BCUT2D eigenvalue weighted by molar-refractivity contribution is 5.49. The number of nitrogens with zero attached hydrogens (tertiary/aromatic N) is 3. The summed E-state index contributed by atoms with van der Waals surface area (Å²) in [5.74, 6) is 2.24. The average molecular weight is 264 g/mol. The van der Waals surface area contributed by atoms with Crippen LogP contribution in [0.25, 0.3) is 0 Å². The van der Waals surface area contributed by atoms with Gasteiger partial charge in [-0.25, -0.2) is 9.97 Å². The van der Waals surface area contributed by atoms with E-state index in [9.17, 15) is 5.11 Å². The standard InChI is InChI=1S/C14H24N4O/c1-2-3-4-6-15-13-8-14(17-11-16-13)18-7-5-12(9-18)10-19/h8,11-12,19H,2-7,9-10H2,1H3,(H,15,16,17). The van der Waals surface area contributed by atoms with E-state index in [1.165, 1.54) is 19.3 Å². The van der Waals surface area contributed by atoms with E-state index in [1.807, 2.05) is 6.07 Å². The molecule has 1 atom stereocenters. The van der Waals surface area contributed by atoms with Gasteiger partial charge in [-0.05, 0) is 12.8 Å². The number of aromatic nitrogens is 2. The lowest BCUT2D eigenvalue weighted by atomic mass is 10.1. The molecule has 2 N–H and O–H groups in total. The molecule has 1 fully saturated rings. The summed E-state index contributed by atoms with van der Waals surface area (Å²) in [5, 5.41) is 12.5. The molecular formula is C14H24N4O. The van der Waals surface area contributed by atoms with E-state index >= 15 is 0 Å². The lowest BCUT2D eigenvalue weighted by Crippen LogP contribution is -2.22. The number of hydrogen-bond donors (Lipinski definition) is 2. The third-order valence-corrected chi connectivity index (χ3v) is 3.61. The molecule has 0 aromatic carbocycles. The van der Waals surface area contributed by atoms with E-state index in [-0.39, 0.29) is 6.61 Å². The molecule has 2 heterocycles. The van der Waals surface area contributed by atoms with Crippen molar-refractivity contribution in [2.75, 3.05) is 36.5 Å². The first-order valence-electron chi connectivity index (χ1n) is 7.25. The van der Waals surface area contributed by atoms with E-state index in [4.69, 9.17) is 0 Å². The van der Waals surface area contributed by atoms with Gasteiger partial charge < -0.3 is 15.3 Å². The van der Waals surface area contributed by atoms with Gasteiger partial charge in [0.25, 0.3) is 0 Å². The zero-order valence-corrected chi connectivity index (χ0v) is 11.7. The number of aliphatic hydroxyl groups excluding tert-OH is 1. The molecule has 106 valence electrons. The van der Waals surface area contributed by atoms with Crippen molar-refractivity contribution in [3.8, 4) is 0 Å². The normalized spacial score (nSPS) is 18.8. The molecule has 19 heavy (non-hydrogen) atoms. The Hall–Kier alpha value is -1.36. The number of aliphatic hydroxyl groups is 1. The number of rotatable bonds is 7. The number of anilines is 2. The minimum atomic E-state index is 0.268. The average Bonchev–Trinajstić information content (AvgIpc) is 2.93. The largest absolute Gasteiger partial charge is 0.396 e. The van der Waals surface area contributed by atoms with Crippen LogP contribution in [0.2, 0.25) is 0 Å². The second-order valence-corrected chi connectivity index (χ2v) is 5.18. The zero-order valence-electron chi connectivity index (χ0n) is 11.7. The van der Waals surface area contributed by atoms with Gasteiger partial charge >= 0.3 is 0 Å². The Morgan fingerprint density at radius 3 is 3.05 bits per heavy atom. The van der Waals surface area contributed by atoms with Crippen molar-refractivity contribution in [1.29, 1.82) is 0 Å². The van der Waals surface area contributed by atoms with Crippen LogP contribution in [0, 0.1) is 5.92 Å². The Morgan fingerprint density at radius 2 is 2.32 bits per heavy atom. The fraction of sp³-hybridized carbons (Fsp3) is 0.714. The summed E-state index contributed by atoms with van der Waals surface area (Å²) in [4.78, 5) is 10.8. The predicted octanol–water partition coefficient (Wildman–Crippen LogP) is 1.90. The summed E-state index contributed by atoms with van der Waals surface area (Å²) >= 11 is 0. The second-order valence-electron chi connectivity index (χ2n) is 5.18. The minimum absolute atomic E-state index is 0.268. The molecule has 5 nitrogen and oxygen atoms in total. The van der Waals surface area contributed by atoms with Gasteiger partial charge in [0.2, 0.25) is 0 Å². The SMILES string of the molecule is CCCCCNc1cc(N2CCC(CO)C2)ncn1. The summed E-state index contributed by atoms with van der Waals surface area (Å²) in [6, 6.07) is 2.01. The maximum absolute atomic E-state index is 9.18. The summed E-state index contributed by atoms with van der Waals surface area (Å²) < 4.78 is 0. The highest BCUT2D eigenvalue weighted by Gasteiger charge is 2.22. The quantitative estimate of drug-likeness (QED) is 0.737. The first-order chi connectivity index (χ1) is 9.33. The predicted molar refractivity (Wildman–Crippen MR) is 77.5 cm³/mol. The molecule has 1 unspecified atom stereocenters. The van der Waals surface area contributed by atoms with Crippen LogP contribution < -0.4 is 10.2 Å². The molecule has 0 radical (unpaired) electrons. The van der Waals surface area contributed by atoms with Gasteiger partial charge in [-0.2, -0.15) is 0 Å². The van der Waals surface area contributed by atoms with Crippen molar-refractivity contribution in [3.05, 3.63) is 12.4 Å². The second kappa shape index (κ2) is 7.28. The van der Waals surface area contributed by atoms with Crippen LogP contribution in [0.3, 0.4) is 0 Å². The summed E-state index contributed by atoms with van der Waals surface area (Å²) in [6.45, 7) is 5.29. The topological polar surface area (TPSA) is 61.3 Å². The molecule has 2 rings (SSSR count). The van der Waals surface area contributed by atoms with Crippen molar-refractivity contribution in [3.63, 3.8) is 0 Å². The first kappa shape index (κ1) is 14.1. The molecular weight excluding hydrogens is 240 g/mol. The molecule has 0 bridgehead atoms. The van der Waals surface area contributed by atoms with Crippen molar-refractivity contribution in [2.45, 2.75) is 32.6 Å². The van der Waals surface area contributed by atoms with Crippen LogP contribution in [0.4, 0.5) is 11.6 Å². The molecule has 1 aliphatic rings. The molecule has 1 aliphatic heterocycles. The van der Waals surface area contributed by atoms with Gasteiger partial charge in [0.05, 0.1) is 0 Å². The number of nitrogens with one attached hydrogen (secondary N) is 1. The van der Waals surface area contributed by atoms with Crippen LogP contribution in [0.15, 0.2) is 12.4 Å². The molecule has 1 aromatic heterocycles. The van der Waals surface area contributed by atoms with E-state index < -0.39 is 0 Å². The van der Waals surface area contributed by atoms with E-state index in [1.54, 1.807) is 6.33 Å². The summed E-state index contributed by atoms with van der Waals surface area (Å²) in [7, 11) is 0. The van der Waals surface area contributed by atoms with E-state index in [0.29, 0.717) is 5.92 Å². The van der Waals surface area contributed by atoms with Gasteiger partial charge in [0.15, 0.2) is 0 Å². The van der Waals surface area contributed by atoms with Crippen molar-refractivity contribution in [2.24, 2.45) is 5.92 Å². The van der Waals surface area contributed by atoms with Gasteiger partial charge in [-0.15, -0.1) is 0 Å². The molecule has 5 heteroatoms. The lowest BCUT2D eigenvalue weighted by molar-refractivity contribution is 0.238. The molecule has 0 saturated carbocycles. The Kier molecular flexibility index (Phi) is 5.39.